The van der Waals surface area contributed by atoms with E-state index in [1.165, 1.54) is 11.3 Å². The molecule has 1 aromatic heterocycles. The van der Waals surface area contributed by atoms with Crippen LogP contribution in [0.25, 0.3) is 0 Å². The van der Waals surface area contributed by atoms with Crippen LogP contribution in [0, 0.1) is 0 Å². The van der Waals surface area contributed by atoms with Crippen LogP contribution in [0.2, 0.25) is 0 Å². The van der Waals surface area contributed by atoms with Crippen molar-refractivity contribution in [2.75, 3.05) is 0 Å². The summed E-state index contributed by atoms with van der Waals surface area (Å²) in [5.74, 6) is -0.245. The molecule has 0 fully saturated rings. The molecule has 52 valence electrons. The van der Waals surface area contributed by atoms with Gasteiger partial charge >= 0.3 is 0 Å². The standard InChI is InChI=1S/C5H4N2OS2/c8-5(6-7-9)4-2-1-3-10-4/h1-3H,(H,6,8,9). The monoisotopic (exact) mass is 172 g/mol. The molecule has 0 aliphatic heterocycles. The first-order valence-corrected chi connectivity index (χ1v) is 3.75. The second-order valence-corrected chi connectivity index (χ2v) is 2.64. The summed E-state index contributed by atoms with van der Waals surface area (Å²) >= 11 is 5.55. The number of carbonyl (C=O) groups excluding carboxylic acids is 1. The molecule has 1 heterocycles. The zero-order valence-electron chi connectivity index (χ0n) is 4.90. The smallest absolute Gasteiger partial charge is 0.266 e. The fraction of sp³-hybridized carbons (Fsp3) is 0. The highest BCUT2D eigenvalue weighted by Crippen LogP contribution is 2.07. The number of carbonyl (C=O) groups is 1. The molecule has 10 heavy (non-hydrogen) atoms. The van der Waals surface area contributed by atoms with Gasteiger partial charge in [-0.1, -0.05) is 6.07 Å². The van der Waals surface area contributed by atoms with E-state index in [1.54, 1.807) is 12.1 Å². The van der Waals surface area contributed by atoms with Crippen LogP contribution in [0.1, 0.15) is 9.67 Å². The van der Waals surface area contributed by atoms with E-state index in [9.17, 15) is 4.79 Å². The molecule has 0 aliphatic carbocycles. The van der Waals surface area contributed by atoms with E-state index < -0.39 is 0 Å². The fourth-order valence-electron chi connectivity index (χ4n) is 0.504. The summed E-state index contributed by atoms with van der Waals surface area (Å²) in [6, 6.07) is 3.50. The van der Waals surface area contributed by atoms with Gasteiger partial charge in [0.15, 0.2) is 0 Å². The van der Waals surface area contributed by atoms with Gasteiger partial charge in [-0.05, 0) is 11.4 Å². The van der Waals surface area contributed by atoms with Gasteiger partial charge < -0.3 is 0 Å². The minimum absolute atomic E-state index is 0.245. The topological polar surface area (TPSA) is 41.5 Å². The summed E-state index contributed by atoms with van der Waals surface area (Å²) in [5.41, 5.74) is 2.16. The third kappa shape index (κ3) is 1.58. The molecule has 0 aromatic carbocycles. The van der Waals surface area contributed by atoms with E-state index in [4.69, 9.17) is 0 Å². The molecule has 5 heteroatoms. The first-order chi connectivity index (χ1) is 4.84. The van der Waals surface area contributed by atoms with Crippen molar-refractivity contribution >= 4 is 29.7 Å². The van der Waals surface area contributed by atoms with Crippen LogP contribution in [0.15, 0.2) is 22.0 Å². The number of hydrogen-bond donors (Lipinski definition) is 1. The summed E-state index contributed by atoms with van der Waals surface area (Å²) < 4.78 is 3.08. The van der Waals surface area contributed by atoms with Crippen molar-refractivity contribution in [1.82, 2.24) is 5.43 Å². The van der Waals surface area contributed by atoms with Crippen molar-refractivity contribution in [2.24, 2.45) is 4.47 Å². The van der Waals surface area contributed by atoms with Gasteiger partial charge in [0, 0.05) is 0 Å². The lowest BCUT2D eigenvalue weighted by atomic mass is 10.5. The van der Waals surface area contributed by atoms with E-state index in [1.807, 2.05) is 5.38 Å². The van der Waals surface area contributed by atoms with Crippen LogP contribution in [-0.2, 0) is 12.4 Å². The molecule has 1 amide bonds. The second-order valence-electron chi connectivity index (χ2n) is 1.51. The molecular formula is C5H4N2OS2. The van der Waals surface area contributed by atoms with Crippen LogP contribution in [-0.4, -0.2) is 5.91 Å². The van der Waals surface area contributed by atoms with E-state index in [0.717, 1.165) is 0 Å². The number of amides is 1. The van der Waals surface area contributed by atoms with Gasteiger partial charge in [0.05, 0.1) is 17.3 Å². The third-order valence-electron chi connectivity index (χ3n) is 0.892. The van der Waals surface area contributed by atoms with Crippen LogP contribution >= 0.6 is 11.3 Å². The molecule has 1 rings (SSSR count). The van der Waals surface area contributed by atoms with E-state index >= 15 is 0 Å². The van der Waals surface area contributed by atoms with Gasteiger partial charge in [-0.15, -0.1) is 15.8 Å². The molecule has 0 saturated carbocycles. The Balaban J connectivity index is 2.68. The quantitative estimate of drug-likeness (QED) is 0.679. The van der Waals surface area contributed by atoms with Gasteiger partial charge in [-0.2, -0.15) is 0 Å². The molecule has 0 unspecified atom stereocenters. The molecule has 1 N–H and O–H groups in total. The number of hydrogen-bond acceptors (Lipinski definition) is 4. The van der Waals surface area contributed by atoms with Crippen molar-refractivity contribution in [1.29, 1.82) is 0 Å². The van der Waals surface area contributed by atoms with E-state index in [-0.39, 0.29) is 5.91 Å². The van der Waals surface area contributed by atoms with Gasteiger partial charge in [-0.3, -0.25) is 4.79 Å². The average molecular weight is 172 g/mol. The predicted octanol–water partition coefficient (Wildman–Crippen LogP) is 1.12. The van der Waals surface area contributed by atoms with Crippen LogP contribution in [0.4, 0.5) is 0 Å². The lowest BCUT2D eigenvalue weighted by Gasteiger charge is -1.89. The lowest BCUT2D eigenvalue weighted by Crippen LogP contribution is -2.14. The zero-order chi connectivity index (χ0) is 7.40. The lowest BCUT2D eigenvalue weighted by molar-refractivity contribution is 0.0960. The normalized spacial score (nSPS) is 8.80. The highest BCUT2D eigenvalue weighted by molar-refractivity contribution is 7.47. The summed E-state index contributed by atoms with van der Waals surface area (Å²) in [7, 11) is 0. The number of nitrogens with one attached hydrogen (secondary N) is 1. The molecule has 0 bridgehead atoms. The van der Waals surface area contributed by atoms with Gasteiger partial charge in [0.1, 0.15) is 0 Å². The van der Waals surface area contributed by atoms with Gasteiger partial charge in [0.2, 0.25) is 0 Å². The molecule has 0 radical (unpaired) electrons. The molecule has 3 nitrogen and oxygen atoms in total. The summed E-state index contributed by atoms with van der Waals surface area (Å²) in [5, 5.41) is 1.82. The Morgan fingerprint density at radius 1 is 1.80 bits per heavy atom. The Morgan fingerprint density at radius 2 is 2.60 bits per heavy atom. The third-order valence-corrected chi connectivity index (χ3v) is 1.85. The van der Waals surface area contributed by atoms with E-state index in [2.05, 4.69) is 22.3 Å². The Hall–Kier alpha value is -0.810. The van der Waals surface area contributed by atoms with Crippen molar-refractivity contribution in [3.8, 4) is 0 Å². The predicted molar refractivity (Wildman–Crippen MR) is 41.6 cm³/mol. The van der Waals surface area contributed by atoms with Crippen LogP contribution < -0.4 is 5.43 Å². The minimum atomic E-state index is -0.245. The highest BCUT2D eigenvalue weighted by Gasteiger charge is 2.02. The average Bonchev–Trinajstić information content (AvgIpc) is 2.38. The molecule has 0 spiro atoms. The maximum Gasteiger partial charge on any atom is 0.282 e. The largest absolute Gasteiger partial charge is 0.282 e. The molecule has 1 aromatic rings. The van der Waals surface area contributed by atoms with Crippen molar-refractivity contribution < 1.29 is 4.79 Å². The molecule has 0 atom stereocenters. The summed E-state index contributed by atoms with van der Waals surface area (Å²) in [6.45, 7) is 0. The van der Waals surface area contributed by atoms with Gasteiger partial charge in [0.25, 0.3) is 5.91 Å². The maximum absolute atomic E-state index is 10.8. The van der Waals surface area contributed by atoms with Gasteiger partial charge in [-0.25, -0.2) is 5.43 Å². The van der Waals surface area contributed by atoms with Crippen LogP contribution in [0.5, 0.6) is 0 Å². The first-order valence-electron chi connectivity index (χ1n) is 2.51. The highest BCUT2D eigenvalue weighted by atomic mass is 32.1. The Labute approximate surface area is 67.2 Å². The van der Waals surface area contributed by atoms with E-state index in [0.29, 0.717) is 4.88 Å². The Morgan fingerprint density at radius 3 is 3.10 bits per heavy atom. The fourth-order valence-corrected chi connectivity index (χ4v) is 1.20. The number of thiophene rings is 1. The first kappa shape index (κ1) is 7.30. The summed E-state index contributed by atoms with van der Waals surface area (Å²) in [6.07, 6.45) is 0. The minimum Gasteiger partial charge on any atom is -0.266 e. The Bertz CT molecular complexity index is 232. The number of nitrogens with zero attached hydrogens (tertiary/aromatic N) is 1. The number of rotatable bonds is 2. The summed E-state index contributed by atoms with van der Waals surface area (Å²) in [4.78, 5) is 11.5. The van der Waals surface area contributed by atoms with Crippen molar-refractivity contribution in [2.45, 2.75) is 0 Å². The molecular weight excluding hydrogens is 168 g/mol. The zero-order valence-corrected chi connectivity index (χ0v) is 6.54. The second kappa shape index (κ2) is 3.38. The van der Waals surface area contributed by atoms with Crippen LogP contribution in [0.3, 0.4) is 0 Å². The Kier molecular flexibility index (Phi) is 2.47. The SMILES string of the molecule is O=C(NN=S)c1cccs1. The molecule has 0 aliphatic rings. The maximum atomic E-state index is 10.8. The molecule has 0 saturated heterocycles. The van der Waals surface area contributed by atoms with Crippen molar-refractivity contribution in [3.63, 3.8) is 0 Å². The van der Waals surface area contributed by atoms with Crippen molar-refractivity contribution in [3.05, 3.63) is 22.4 Å².